The maximum atomic E-state index is 10.4. The topological polar surface area (TPSA) is 38.3 Å². The molecule has 0 atom stereocenters. The standard InChI is InChI=1S/C6H9NO2/c1-9-6(8)7-5-3-2-4-5/h3H,2,4H2,1H3,(H,7,8). The second-order valence-electron chi connectivity index (χ2n) is 1.88. The van der Waals surface area contributed by atoms with Crippen molar-refractivity contribution in [1.29, 1.82) is 0 Å². The molecule has 0 spiro atoms. The smallest absolute Gasteiger partial charge is 0.411 e. The lowest BCUT2D eigenvalue weighted by atomic mass is 10.1. The van der Waals surface area contributed by atoms with Gasteiger partial charge in [0.25, 0.3) is 0 Å². The minimum atomic E-state index is -0.374. The van der Waals surface area contributed by atoms with Crippen LogP contribution in [0.3, 0.4) is 0 Å². The first-order valence-electron chi connectivity index (χ1n) is 2.87. The molecule has 0 unspecified atom stereocenters. The van der Waals surface area contributed by atoms with E-state index in [2.05, 4.69) is 10.1 Å². The highest BCUT2D eigenvalue weighted by atomic mass is 16.5. The third-order valence-electron chi connectivity index (χ3n) is 1.25. The Kier molecular flexibility index (Phi) is 1.72. The number of ether oxygens (including phenoxy) is 1. The zero-order chi connectivity index (χ0) is 6.69. The highest BCUT2D eigenvalue weighted by Crippen LogP contribution is 2.13. The van der Waals surface area contributed by atoms with Crippen LogP contribution >= 0.6 is 0 Å². The molecule has 1 aliphatic carbocycles. The molecule has 0 aliphatic heterocycles. The summed E-state index contributed by atoms with van der Waals surface area (Å²) >= 11 is 0. The number of hydrogen-bond acceptors (Lipinski definition) is 2. The molecule has 0 saturated carbocycles. The number of methoxy groups -OCH3 is 1. The van der Waals surface area contributed by atoms with E-state index in [0.29, 0.717) is 0 Å². The van der Waals surface area contributed by atoms with Crippen LogP contribution in [0.25, 0.3) is 0 Å². The maximum Gasteiger partial charge on any atom is 0.411 e. The predicted octanol–water partition coefficient (Wildman–Crippen LogP) is 1.02. The molecule has 9 heavy (non-hydrogen) atoms. The van der Waals surface area contributed by atoms with Crippen LogP contribution in [-0.4, -0.2) is 13.2 Å². The SMILES string of the molecule is COC(=O)NC1=CCC1. The van der Waals surface area contributed by atoms with Crippen molar-refractivity contribution in [2.45, 2.75) is 12.8 Å². The lowest BCUT2D eigenvalue weighted by Gasteiger charge is -2.13. The van der Waals surface area contributed by atoms with Gasteiger partial charge in [-0.3, -0.25) is 5.32 Å². The number of carbonyl (C=O) groups is 1. The minimum Gasteiger partial charge on any atom is -0.453 e. The van der Waals surface area contributed by atoms with E-state index in [-0.39, 0.29) is 6.09 Å². The first-order valence-corrected chi connectivity index (χ1v) is 2.87. The van der Waals surface area contributed by atoms with Gasteiger partial charge in [-0.2, -0.15) is 0 Å². The first-order chi connectivity index (χ1) is 4.33. The number of alkyl carbamates (subject to hydrolysis) is 1. The zero-order valence-corrected chi connectivity index (χ0v) is 5.31. The van der Waals surface area contributed by atoms with Gasteiger partial charge in [-0.15, -0.1) is 0 Å². The first kappa shape index (κ1) is 6.13. The molecule has 50 valence electrons. The van der Waals surface area contributed by atoms with E-state index in [1.54, 1.807) is 0 Å². The van der Waals surface area contributed by atoms with Crippen molar-refractivity contribution in [3.63, 3.8) is 0 Å². The third-order valence-corrected chi connectivity index (χ3v) is 1.25. The van der Waals surface area contributed by atoms with Crippen molar-refractivity contribution in [3.8, 4) is 0 Å². The average Bonchev–Trinajstić information content (AvgIpc) is 1.78. The summed E-state index contributed by atoms with van der Waals surface area (Å²) in [5.74, 6) is 0. The van der Waals surface area contributed by atoms with Gasteiger partial charge in [-0.1, -0.05) is 6.08 Å². The lowest BCUT2D eigenvalue weighted by molar-refractivity contribution is 0.173. The van der Waals surface area contributed by atoms with Gasteiger partial charge in [0.15, 0.2) is 0 Å². The number of allylic oxidation sites excluding steroid dienone is 2. The molecule has 0 fully saturated rings. The van der Waals surface area contributed by atoms with Crippen LogP contribution in [0.4, 0.5) is 4.79 Å². The molecule has 1 rings (SSSR count). The lowest BCUT2D eigenvalue weighted by Crippen LogP contribution is -2.24. The van der Waals surface area contributed by atoms with Crippen molar-refractivity contribution < 1.29 is 9.53 Å². The largest absolute Gasteiger partial charge is 0.453 e. The van der Waals surface area contributed by atoms with Gasteiger partial charge < -0.3 is 4.74 Å². The summed E-state index contributed by atoms with van der Waals surface area (Å²) in [6.45, 7) is 0. The van der Waals surface area contributed by atoms with Crippen LogP contribution in [0, 0.1) is 0 Å². The number of nitrogens with one attached hydrogen (secondary N) is 1. The Hall–Kier alpha value is -0.990. The van der Waals surface area contributed by atoms with Gasteiger partial charge in [0.05, 0.1) is 7.11 Å². The van der Waals surface area contributed by atoms with Gasteiger partial charge in [0.2, 0.25) is 0 Å². The fraction of sp³-hybridized carbons (Fsp3) is 0.500. The van der Waals surface area contributed by atoms with E-state index < -0.39 is 0 Å². The van der Waals surface area contributed by atoms with Crippen LogP contribution < -0.4 is 5.32 Å². The summed E-state index contributed by atoms with van der Waals surface area (Å²) < 4.78 is 4.37. The Morgan fingerprint density at radius 1 is 1.89 bits per heavy atom. The summed E-state index contributed by atoms with van der Waals surface area (Å²) in [6.07, 6.45) is 3.63. The molecule has 0 heterocycles. The highest BCUT2D eigenvalue weighted by Gasteiger charge is 2.07. The summed E-state index contributed by atoms with van der Waals surface area (Å²) in [4.78, 5) is 10.4. The van der Waals surface area contributed by atoms with E-state index in [4.69, 9.17) is 0 Å². The quantitative estimate of drug-likeness (QED) is 0.571. The Morgan fingerprint density at radius 2 is 2.56 bits per heavy atom. The fourth-order valence-electron chi connectivity index (χ4n) is 0.584. The molecule has 0 bridgehead atoms. The number of amides is 1. The molecule has 3 heteroatoms. The predicted molar refractivity (Wildman–Crippen MR) is 32.9 cm³/mol. The van der Waals surface area contributed by atoms with Crippen molar-refractivity contribution in [2.24, 2.45) is 0 Å². The van der Waals surface area contributed by atoms with Crippen molar-refractivity contribution in [1.82, 2.24) is 5.32 Å². The number of carbonyl (C=O) groups excluding carboxylic acids is 1. The molecular weight excluding hydrogens is 118 g/mol. The van der Waals surface area contributed by atoms with Crippen LogP contribution in [0.15, 0.2) is 11.8 Å². The summed E-state index contributed by atoms with van der Waals surface area (Å²) in [5.41, 5.74) is 0.974. The van der Waals surface area contributed by atoms with Gasteiger partial charge in [-0.05, 0) is 12.8 Å². The molecule has 1 N–H and O–H groups in total. The molecule has 0 aromatic carbocycles. The molecule has 0 radical (unpaired) electrons. The molecule has 3 nitrogen and oxygen atoms in total. The molecule has 0 aromatic rings. The van der Waals surface area contributed by atoms with E-state index in [1.807, 2.05) is 6.08 Å². The maximum absolute atomic E-state index is 10.4. The van der Waals surface area contributed by atoms with E-state index in [9.17, 15) is 4.79 Å². The Labute approximate surface area is 53.7 Å². The highest BCUT2D eigenvalue weighted by molar-refractivity contribution is 5.69. The molecule has 1 amide bonds. The molecule has 0 aromatic heterocycles. The van der Waals surface area contributed by atoms with E-state index >= 15 is 0 Å². The number of hydrogen-bond donors (Lipinski definition) is 1. The Balaban J connectivity index is 2.24. The van der Waals surface area contributed by atoms with E-state index in [0.717, 1.165) is 18.5 Å². The van der Waals surface area contributed by atoms with Crippen molar-refractivity contribution in [2.75, 3.05) is 7.11 Å². The van der Waals surface area contributed by atoms with Crippen molar-refractivity contribution >= 4 is 6.09 Å². The molecular formula is C6H9NO2. The van der Waals surface area contributed by atoms with Gasteiger partial charge in [0, 0.05) is 5.70 Å². The zero-order valence-electron chi connectivity index (χ0n) is 5.31. The molecule has 0 saturated heterocycles. The van der Waals surface area contributed by atoms with Crippen molar-refractivity contribution in [3.05, 3.63) is 11.8 Å². The second-order valence-corrected chi connectivity index (χ2v) is 1.88. The normalized spacial score (nSPS) is 15.4. The molecule has 1 aliphatic rings. The second kappa shape index (κ2) is 2.53. The summed E-state index contributed by atoms with van der Waals surface area (Å²) in [6, 6.07) is 0. The summed E-state index contributed by atoms with van der Waals surface area (Å²) in [7, 11) is 1.36. The Bertz CT molecular complexity index is 151. The van der Waals surface area contributed by atoms with E-state index in [1.165, 1.54) is 7.11 Å². The fourth-order valence-corrected chi connectivity index (χ4v) is 0.584. The van der Waals surface area contributed by atoms with Gasteiger partial charge >= 0.3 is 6.09 Å². The monoisotopic (exact) mass is 127 g/mol. The average molecular weight is 127 g/mol. The third kappa shape index (κ3) is 1.45. The van der Waals surface area contributed by atoms with Gasteiger partial charge in [-0.25, -0.2) is 4.79 Å². The van der Waals surface area contributed by atoms with Gasteiger partial charge in [0.1, 0.15) is 0 Å². The van der Waals surface area contributed by atoms with Crippen LogP contribution in [0.1, 0.15) is 12.8 Å². The number of rotatable bonds is 1. The van der Waals surface area contributed by atoms with Crippen LogP contribution in [0.5, 0.6) is 0 Å². The minimum absolute atomic E-state index is 0.374. The Morgan fingerprint density at radius 3 is 2.89 bits per heavy atom. The van der Waals surface area contributed by atoms with Crippen LogP contribution in [0.2, 0.25) is 0 Å². The van der Waals surface area contributed by atoms with Crippen LogP contribution in [-0.2, 0) is 4.74 Å². The summed E-state index contributed by atoms with van der Waals surface area (Å²) in [5, 5.41) is 2.57.